The number of carbonyl (C=O) groups is 1. The molecule has 1 heterocycles. The van der Waals surface area contributed by atoms with Crippen LogP contribution < -0.4 is 0 Å². The summed E-state index contributed by atoms with van der Waals surface area (Å²) in [5.41, 5.74) is 1.05. The molecule has 1 unspecified atom stereocenters. The molecule has 0 radical (unpaired) electrons. The summed E-state index contributed by atoms with van der Waals surface area (Å²) in [6.45, 7) is 5.24. The SMILES string of the molecule is CCOCC1CCCN(C(=O)CCc2ccccc2Cl)C1. The van der Waals surface area contributed by atoms with Crippen LogP contribution in [-0.4, -0.2) is 37.1 Å². The Bertz CT molecular complexity index is 464. The van der Waals surface area contributed by atoms with Crippen molar-refractivity contribution in [2.45, 2.75) is 32.6 Å². The van der Waals surface area contributed by atoms with E-state index in [9.17, 15) is 4.79 Å². The van der Waals surface area contributed by atoms with Crippen molar-refractivity contribution in [1.29, 1.82) is 0 Å². The predicted octanol–water partition coefficient (Wildman–Crippen LogP) is 3.55. The summed E-state index contributed by atoms with van der Waals surface area (Å²) in [7, 11) is 0. The number of amides is 1. The van der Waals surface area contributed by atoms with E-state index in [-0.39, 0.29) is 5.91 Å². The fraction of sp³-hybridized carbons (Fsp3) is 0.588. The van der Waals surface area contributed by atoms with E-state index in [1.807, 2.05) is 36.1 Å². The number of rotatable bonds is 6. The van der Waals surface area contributed by atoms with Gasteiger partial charge in [0.15, 0.2) is 0 Å². The Kier molecular flexibility index (Phi) is 6.52. The molecule has 1 amide bonds. The maximum atomic E-state index is 12.3. The molecule has 0 saturated carbocycles. The fourth-order valence-corrected chi connectivity index (χ4v) is 3.04. The van der Waals surface area contributed by atoms with Crippen LogP contribution in [0.4, 0.5) is 0 Å². The molecule has 0 spiro atoms. The van der Waals surface area contributed by atoms with Crippen LogP contribution in [0.2, 0.25) is 5.02 Å². The molecule has 4 heteroatoms. The summed E-state index contributed by atoms with van der Waals surface area (Å²) in [6.07, 6.45) is 3.49. The number of hydrogen-bond acceptors (Lipinski definition) is 2. The van der Waals surface area contributed by atoms with Gasteiger partial charge in [-0.3, -0.25) is 4.79 Å². The van der Waals surface area contributed by atoms with E-state index < -0.39 is 0 Å². The van der Waals surface area contributed by atoms with Crippen molar-refractivity contribution in [2.75, 3.05) is 26.3 Å². The molecule has 116 valence electrons. The zero-order valence-corrected chi connectivity index (χ0v) is 13.4. The molecule has 1 aliphatic rings. The summed E-state index contributed by atoms with van der Waals surface area (Å²) in [4.78, 5) is 14.3. The van der Waals surface area contributed by atoms with E-state index in [4.69, 9.17) is 16.3 Å². The first-order valence-corrected chi connectivity index (χ1v) is 8.17. The zero-order valence-electron chi connectivity index (χ0n) is 12.7. The fourth-order valence-electron chi connectivity index (χ4n) is 2.81. The molecule has 2 rings (SSSR count). The van der Waals surface area contributed by atoms with E-state index in [2.05, 4.69) is 0 Å². The van der Waals surface area contributed by atoms with Gasteiger partial charge in [-0.1, -0.05) is 29.8 Å². The molecular weight excluding hydrogens is 286 g/mol. The highest BCUT2D eigenvalue weighted by molar-refractivity contribution is 6.31. The number of benzene rings is 1. The first kappa shape index (κ1) is 16.3. The summed E-state index contributed by atoms with van der Waals surface area (Å²) in [5, 5.41) is 0.748. The quantitative estimate of drug-likeness (QED) is 0.804. The smallest absolute Gasteiger partial charge is 0.222 e. The summed E-state index contributed by atoms with van der Waals surface area (Å²) >= 11 is 6.13. The number of aryl methyl sites for hydroxylation is 1. The largest absolute Gasteiger partial charge is 0.381 e. The third kappa shape index (κ3) is 5.01. The Morgan fingerprint density at radius 3 is 3.00 bits per heavy atom. The van der Waals surface area contributed by atoms with Crippen molar-refractivity contribution in [3.8, 4) is 0 Å². The van der Waals surface area contributed by atoms with Gasteiger partial charge < -0.3 is 9.64 Å². The van der Waals surface area contributed by atoms with Gasteiger partial charge in [0.2, 0.25) is 5.91 Å². The van der Waals surface area contributed by atoms with Crippen molar-refractivity contribution in [1.82, 2.24) is 4.90 Å². The number of nitrogens with zero attached hydrogens (tertiary/aromatic N) is 1. The van der Waals surface area contributed by atoms with Crippen molar-refractivity contribution in [3.63, 3.8) is 0 Å². The van der Waals surface area contributed by atoms with Crippen molar-refractivity contribution >= 4 is 17.5 Å². The Hall–Kier alpha value is -1.06. The molecule has 3 nitrogen and oxygen atoms in total. The van der Waals surface area contributed by atoms with Crippen LogP contribution >= 0.6 is 11.6 Å². The van der Waals surface area contributed by atoms with E-state index >= 15 is 0 Å². The number of hydrogen-bond donors (Lipinski definition) is 0. The molecule has 1 aromatic carbocycles. The first-order chi connectivity index (χ1) is 10.2. The normalized spacial score (nSPS) is 18.8. The van der Waals surface area contributed by atoms with E-state index in [0.29, 0.717) is 18.8 Å². The summed E-state index contributed by atoms with van der Waals surface area (Å²) < 4.78 is 5.49. The maximum absolute atomic E-state index is 12.3. The maximum Gasteiger partial charge on any atom is 0.222 e. The second-order valence-electron chi connectivity index (χ2n) is 5.60. The van der Waals surface area contributed by atoms with E-state index in [1.54, 1.807) is 0 Å². The highest BCUT2D eigenvalue weighted by Gasteiger charge is 2.23. The predicted molar refractivity (Wildman–Crippen MR) is 85.6 cm³/mol. The van der Waals surface area contributed by atoms with Gasteiger partial charge >= 0.3 is 0 Å². The zero-order chi connectivity index (χ0) is 15.1. The van der Waals surface area contributed by atoms with Crippen LogP contribution in [0, 0.1) is 5.92 Å². The van der Waals surface area contributed by atoms with Crippen LogP contribution in [0.1, 0.15) is 31.7 Å². The van der Waals surface area contributed by atoms with Gasteiger partial charge in [0.05, 0.1) is 6.61 Å². The van der Waals surface area contributed by atoms with Gasteiger partial charge in [0, 0.05) is 31.1 Å². The van der Waals surface area contributed by atoms with Gasteiger partial charge in [0.25, 0.3) is 0 Å². The third-order valence-corrected chi connectivity index (χ3v) is 4.36. The molecule has 0 aromatic heterocycles. The average Bonchev–Trinajstić information content (AvgIpc) is 2.52. The lowest BCUT2D eigenvalue weighted by Crippen LogP contribution is -2.41. The molecule has 1 fully saturated rings. The van der Waals surface area contributed by atoms with Gasteiger partial charge in [-0.25, -0.2) is 0 Å². The molecule has 1 atom stereocenters. The van der Waals surface area contributed by atoms with Gasteiger partial charge in [0.1, 0.15) is 0 Å². The minimum atomic E-state index is 0.233. The molecule has 21 heavy (non-hydrogen) atoms. The van der Waals surface area contributed by atoms with Gasteiger partial charge in [-0.15, -0.1) is 0 Å². The van der Waals surface area contributed by atoms with Crippen molar-refractivity contribution in [3.05, 3.63) is 34.9 Å². The molecule has 1 aliphatic heterocycles. The number of carbonyl (C=O) groups excluding carboxylic acids is 1. The van der Waals surface area contributed by atoms with Gasteiger partial charge in [-0.05, 0) is 43.7 Å². The Morgan fingerprint density at radius 1 is 1.43 bits per heavy atom. The lowest BCUT2D eigenvalue weighted by molar-refractivity contribution is -0.133. The van der Waals surface area contributed by atoms with Crippen LogP contribution in [0.3, 0.4) is 0 Å². The Morgan fingerprint density at radius 2 is 2.24 bits per heavy atom. The van der Waals surface area contributed by atoms with Crippen LogP contribution in [0.25, 0.3) is 0 Å². The van der Waals surface area contributed by atoms with Crippen LogP contribution in [-0.2, 0) is 16.0 Å². The standard InChI is InChI=1S/C17H24ClNO2/c1-2-21-13-14-6-5-11-19(12-14)17(20)10-9-15-7-3-4-8-16(15)18/h3-4,7-8,14H,2,5-6,9-13H2,1H3. The monoisotopic (exact) mass is 309 g/mol. The number of ether oxygens (including phenoxy) is 1. The lowest BCUT2D eigenvalue weighted by Gasteiger charge is -2.32. The number of piperidine rings is 1. The van der Waals surface area contributed by atoms with Crippen LogP contribution in [0.15, 0.2) is 24.3 Å². The summed E-state index contributed by atoms with van der Waals surface area (Å²) in [5.74, 6) is 0.721. The molecule has 1 aromatic rings. The molecule has 0 bridgehead atoms. The third-order valence-electron chi connectivity index (χ3n) is 4.00. The highest BCUT2D eigenvalue weighted by Crippen LogP contribution is 2.20. The molecule has 1 saturated heterocycles. The van der Waals surface area contributed by atoms with Crippen molar-refractivity contribution < 1.29 is 9.53 Å². The molecule has 0 aliphatic carbocycles. The molecular formula is C17H24ClNO2. The highest BCUT2D eigenvalue weighted by atomic mass is 35.5. The minimum absolute atomic E-state index is 0.233. The Balaban J connectivity index is 1.81. The average molecular weight is 310 g/mol. The second-order valence-corrected chi connectivity index (χ2v) is 6.01. The number of halogens is 1. The lowest BCUT2D eigenvalue weighted by atomic mass is 9.98. The van der Waals surface area contributed by atoms with Crippen molar-refractivity contribution in [2.24, 2.45) is 5.92 Å². The Labute approximate surface area is 132 Å². The van der Waals surface area contributed by atoms with Crippen LogP contribution in [0.5, 0.6) is 0 Å². The number of likely N-dealkylation sites (tertiary alicyclic amines) is 1. The first-order valence-electron chi connectivity index (χ1n) is 7.79. The van der Waals surface area contributed by atoms with Gasteiger partial charge in [-0.2, -0.15) is 0 Å². The molecule has 0 N–H and O–H groups in total. The topological polar surface area (TPSA) is 29.5 Å². The second kappa shape index (κ2) is 8.40. The van der Waals surface area contributed by atoms with E-state index in [1.165, 1.54) is 0 Å². The minimum Gasteiger partial charge on any atom is -0.381 e. The van der Waals surface area contributed by atoms with E-state index in [0.717, 1.165) is 49.7 Å². The summed E-state index contributed by atoms with van der Waals surface area (Å²) in [6, 6.07) is 7.74.